The Balaban J connectivity index is 2.46. The summed E-state index contributed by atoms with van der Waals surface area (Å²) in [6.45, 7) is 0. The number of esters is 1. The number of ether oxygens (including phenoxy) is 1. The maximum atomic E-state index is 13.1. The fourth-order valence-electron chi connectivity index (χ4n) is 2.23. The van der Waals surface area contributed by atoms with Crippen LogP contribution in [0.5, 0.6) is 0 Å². The van der Waals surface area contributed by atoms with Gasteiger partial charge in [0.15, 0.2) is 0 Å². The van der Waals surface area contributed by atoms with Gasteiger partial charge in [-0.25, -0.2) is 4.79 Å². The summed E-state index contributed by atoms with van der Waals surface area (Å²) in [5.74, 6) is -1.12. The third-order valence-corrected chi connectivity index (χ3v) is 4.45. The van der Waals surface area contributed by atoms with Crippen LogP contribution in [0.15, 0.2) is 41.4 Å². The van der Waals surface area contributed by atoms with E-state index >= 15 is 0 Å². The van der Waals surface area contributed by atoms with Gasteiger partial charge < -0.3 is 9.72 Å². The molecule has 0 spiro atoms. The fourth-order valence-corrected chi connectivity index (χ4v) is 3.18. The monoisotopic (exact) mass is 355 g/mol. The number of halogens is 5. The van der Waals surface area contributed by atoms with Crippen LogP contribution in [0.1, 0.15) is 21.6 Å². The van der Waals surface area contributed by atoms with Crippen LogP contribution in [-0.2, 0) is 17.6 Å². The summed E-state index contributed by atoms with van der Waals surface area (Å²) in [4.78, 5) is 11.4. The fraction of sp³-hybridized carbons (Fsp3) is 0.214. The SMILES string of the molecule is COC(=O)c1[nH]cc(S(F)(F)(F)(F)F)c1CCc1ccccc1. The second kappa shape index (κ2) is 4.98. The lowest BCUT2D eigenvalue weighted by Gasteiger charge is -2.40. The van der Waals surface area contributed by atoms with E-state index in [0.29, 0.717) is 5.56 Å². The van der Waals surface area contributed by atoms with Gasteiger partial charge in [0.1, 0.15) is 10.6 Å². The molecule has 3 nitrogen and oxygen atoms in total. The Hall–Kier alpha value is -2.03. The molecule has 0 atom stereocenters. The molecular formula is C14H14F5NO2S. The van der Waals surface area contributed by atoms with E-state index in [0.717, 1.165) is 7.11 Å². The van der Waals surface area contributed by atoms with Crippen molar-refractivity contribution >= 4 is 16.2 Å². The van der Waals surface area contributed by atoms with E-state index in [1.165, 1.54) is 0 Å². The molecule has 0 amide bonds. The molecule has 1 heterocycles. The van der Waals surface area contributed by atoms with Crippen molar-refractivity contribution in [1.29, 1.82) is 0 Å². The van der Waals surface area contributed by atoms with Crippen LogP contribution in [-0.4, -0.2) is 18.1 Å². The number of nitrogens with one attached hydrogen (secondary N) is 1. The number of carbonyl (C=O) groups is 1. The number of hydrogen-bond donors (Lipinski definition) is 1. The van der Waals surface area contributed by atoms with Gasteiger partial charge in [0.2, 0.25) is 0 Å². The second-order valence-corrected chi connectivity index (χ2v) is 7.33. The zero-order valence-electron chi connectivity index (χ0n) is 12.0. The third kappa shape index (κ3) is 4.04. The van der Waals surface area contributed by atoms with E-state index in [9.17, 15) is 24.2 Å². The van der Waals surface area contributed by atoms with Crippen LogP contribution in [0.4, 0.5) is 19.4 Å². The van der Waals surface area contributed by atoms with Crippen molar-refractivity contribution in [2.45, 2.75) is 17.7 Å². The first-order valence-corrected chi connectivity index (χ1v) is 8.44. The first-order chi connectivity index (χ1) is 10.4. The summed E-state index contributed by atoms with van der Waals surface area (Å²) in [6.07, 6.45) is -0.170. The molecule has 1 N–H and O–H groups in total. The number of methoxy groups -OCH3 is 1. The van der Waals surface area contributed by atoms with E-state index in [2.05, 4.69) is 4.74 Å². The Kier molecular flexibility index (Phi) is 3.75. The van der Waals surface area contributed by atoms with Gasteiger partial charge in [0.25, 0.3) is 0 Å². The van der Waals surface area contributed by atoms with Crippen molar-refractivity contribution < 1.29 is 29.0 Å². The minimum atomic E-state index is -9.91. The number of carbonyl (C=O) groups excluding carboxylic acids is 1. The van der Waals surface area contributed by atoms with Crippen molar-refractivity contribution in [1.82, 2.24) is 4.98 Å². The molecule has 0 aliphatic carbocycles. The summed E-state index contributed by atoms with van der Waals surface area (Å²) in [5.41, 5.74) is -0.718. The lowest BCUT2D eigenvalue weighted by atomic mass is 10.0. The van der Waals surface area contributed by atoms with Gasteiger partial charge in [0, 0.05) is 11.8 Å². The molecular weight excluding hydrogens is 341 g/mol. The van der Waals surface area contributed by atoms with Crippen LogP contribution in [0, 0.1) is 0 Å². The van der Waals surface area contributed by atoms with Crippen LogP contribution in [0.3, 0.4) is 0 Å². The van der Waals surface area contributed by atoms with Gasteiger partial charge in [-0.2, -0.15) is 0 Å². The average molecular weight is 355 g/mol. The first-order valence-electron chi connectivity index (χ1n) is 6.49. The third-order valence-electron chi connectivity index (χ3n) is 3.26. The molecule has 23 heavy (non-hydrogen) atoms. The van der Waals surface area contributed by atoms with E-state index in [-0.39, 0.29) is 19.0 Å². The molecule has 0 bridgehead atoms. The number of rotatable bonds is 5. The maximum absolute atomic E-state index is 13.1. The lowest BCUT2D eigenvalue weighted by Crippen LogP contribution is -2.11. The number of benzene rings is 1. The molecule has 0 unspecified atom stereocenters. The summed E-state index contributed by atoms with van der Waals surface area (Å²) in [7, 11) is -8.95. The van der Waals surface area contributed by atoms with Crippen molar-refractivity contribution in [2.75, 3.05) is 7.11 Å². The molecule has 9 heteroatoms. The van der Waals surface area contributed by atoms with Gasteiger partial charge >= 0.3 is 16.2 Å². The number of hydrogen-bond acceptors (Lipinski definition) is 2. The molecule has 0 aliphatic rings. The molecule has 2 aromatic rings. The molecule has 128 valence electrons. The van der Waals surface area contributed by atoms with Gasteiger partial charge in [-0.15, -0.1) is 0 Å². The quantitative estimate of drug-likeness (QED) is 0.588. The number of aryl methyl sites for hydroxylation is 1. The van der Waals surface area contributed by atoms with Crippen LogP contribution in [0.2, 0.25) is 0 Å². The topological polar surface area (TPSA) is 42.1 Å². The molecule has 0 aliphatic heterocycles. The predicted octanol–water partition coefficient (Wildman–Crippen LogP) is 5.24. The average Bonchev–Trinajstić information content (AvgIpc) is 2.88. The van der Waals surface area contributed by atoms with E-state index < -0.39 is 32.3 Å². The Morgan fingerprint density at radius 2 is 1.70 bits per heavy atom. The summed E-state index contributed by atoms with van der Waals surface area (Å²) in [6, 6.07) is 8.39. The molecule has 1 aromatic heterocycles. The predicted molar refractivity (Wildman–Crippen MR) is 77.4 cm³/mol. The van der Waals surface area contributed by atoms with Crippen molar-refractivity contribution in [3.63, 3.8) is 0 Å². The van der Waals surface area contributed by atoms with Crippen molar-refractivity contribution in [3.8, 4) is 0 Å². The van der Waals surface area contributed by atoms with Crippen LogP contribution in [0.25, 0.3) is 0 Å². The highest BCUT2D eigenvalue weighted by molar-refractivity contribution is 8.45. The summed E-state index contributed by atoms with van der Waals surface area (Å²) >= 11 is 0. The smallest absolute Gasteiger partial charge is 0.354 e. The molecule has 0 radical (unpaired) electrons. The highest BCUT2D eigenvalue weighted by atomic mass is 32.5. The van der Waals surface area contributed by atoms with Crippen molar-refractivity contribution in [2.24, 2.45) is 0 Å². The Morgan fingerprint density at radius 3 is 2.22 bits per heavy atom. The summed E-state index contributed by atoms with van der Waals surface area (Å²) < 4.78 is 70.1. The Morgan fingerprint density at radius 1 is 1.09 bits per heavy atom. The lowest BCUT2D eigenvalue weighted by molar-refractivity contribution is 0.0593. The highest BCUT2D eigenvalue weighted by Crippen LogP contribution is 3.02. The number of aromatic amines is 1. The van der Waals surface area contributed by atoms with Gasteiger partial charge in [-0.1, -0.05) is 49.8 Å². The standard InChI is InChI=1S/C14H14F5NO2S/c1-22-14(21)13-11(8-7-10-5-3-2-4-6-10)12(9-20-13)23(15,16,17,18)19/h2-6,9,20H,7-8H2,1H3. The molecule has 2 rings (SSSR count). The van der Waals surface area contributed by atoms with Gasteiger partial charge in [0.05, 0.1) is 7.11 Å². The first kappa shape index (κ1) is 17.3. The highest BCUT2D eigenvalue weighted by Gasteiger charge is 2.67. The van der Waals surface area contributed by atoms with Gasteiger partial charge in [-0.05, 0) is 18.4 Å². The second-order valence-electron chi connectivity index (χ2n) is 4.95. The van der Waals surface area contributed by atoms with Crippen LogP contribution >= 0.6 is 10.2 Å². The molecule has 0 fully saturated rings. The van der Waals surface area contributed by atoms with Crippen LogP contribution < -0.4 is 0 Å². The zero-order valence-corrected chi connectivity index (χ0v) is 12.8. The number of aromatic nitrogens is 1. The summed E-state index contributed by atoms with van der Waals surface area (Å²) in [5, 5.41) is 0. The molecule has 0 saturated carbocycles. The van der Waals surface area contributed by atoms with E-state index in [4.69, 9.17) is 0 Å². The van der Waals surface area contributed by atoms with E-state index in [1.54, 1.807) is 30.3 Å². The largest absolute Gasteiger partial charge is 0.464 e. The Labute approximate surface area is 129 Å². The van der Waals surface area contributed by atoms with Gasteiger partial charge in [-0.3, -0.25) is 0 Å². The maximum Gasteiger partial charge on any atom is 0.354 e. The van der Waals surface area contributed by atoms with E-state index in [1.807, 2.05) is 4.98 Å². The normalized spacial score (nSPS) is 14.9. The number of H-pyrrole nitrogens is 1. The van der Waals surface area contributed by atoms with Crippen molar-refractivity contribution in [3.05, 3.63) is 53.3 Å². The Bertz CT molecular complexity index is 725. The zero-order chi connectivity index (χ0) is 17.4. The minimum Gasteiger partial charge on any atom is -0.464 e. The molecule has 1 aromatic carbocycles. The minimum absolute atomic E-state index is 0.0729. The molecule has 0 saturated heterocycles.